The van der Waals surface area contributed by atoms with Gasteiger partial charge in [0.15, 0.2) is 0 Å². The maximum Gasteiger partial charge on any atom is 0.264 e. The molecule has 0 amide bonds. The Kier molecular flexibility index (Phi) is 5.57. The molecular weight excluding hydrogens is 336 g/mol. The molecule has 0 aliphatic heterocycles. The molecule has 0 radical (unpaired) electrons. The monoisotopic (exact) mass is 360 g/mol. The first-order valence-electron chi connectivity index (χ1n) is 8.48. The van der Waals surface area contributed by atoms with Crippen LogP contribution in [0, 0.1) is 5.92 Å². The van der Waals surface area contributed by atoms with Crippen LogP contribution in [0.3, 0.4) is 0 Å². The normalized spacial score (nSPS) is 22.7. The van der Waals surface area contributed by atoms with E-state index in [0.717, 1.165) is 12.7 Å². The number of hydrogen-bond acceptors (Lipinski definition) is 4. The van der Waals surface area contributed by atoms with Gasteiger partial charge in [0.2, 0.25) is 0 Å². The lowest BCUT2D eigenvalue weighted by Gasteiger charge is -2.25. The molecule has 2 aromatic rings. The van der Waals surface area contributed by atoms with E-state index < -0.39 is 10.1 Å². The van der Waals surface area contributed by atoms with E-state index in [0.29, 0.717) is 6.61 Å². The highest BCUT2D eigenvalue weighted by atomic mass is 32.2. The molecule has 1 aliphatic rings. The minimum atomic E-state index is -3.47. The molecule has 0 spiro atoms. The number of ether oxygens (including phenoxy) is 1. The molecule has 0 saturated carbocycles. The van der Waals surface area contributed by atoms with Gasteiger partial charge in [-0.2, -0.15) is 8.42 Å². The number of methoxy groups -OCH3 is 1. The first-order valence-corrected chi connectivity index (χ1v) is 10.3. The van der Waals surface area contributed by atoms with E-state index in [1.807, 2.05) is 30.3 Å². The molecule has 0 aromatic heterocycles. The van der Waals surface area contributed by atoms with Crippen LogP contribution >= 0.6 is 0 Å². The maximum atomic E-state index is 11.5. The zero-order valence-electron chi connectivity index (χ0n) is 14.6. The van der Waals surface area contributed by atoms with Crippen LogP contribution in [0.25, 0.3) is 0 Å². The molecule has 0 bridgehead atoms. The van der Waals surface area contributed by atoms with E-state index in [1.54, 1.807) is 7.11 Å². The summed E-state index contributed by atoms with van der Waals surface area (Å²) in [7, 11) is -1.78. The van der Waals surface area contributed by atoms with Crippen LogP contribution in [-0.2, 0) is 19.0 Å². The molecule has 1 aliphatic carbocycles. The van der Waals surface area contributed by atoms with Gasteiger partial charge in [0.1, 0.15) is 0 Å². The molecule has 25 heavy (non-hydrogen) atoms. The average Bonchev–Trinajstić information content (AvgIpc) is 2.91. The molecule has 0 saturated heterocycles. The Balaban J connectivity index is 2.01. The number of benzene rings is 2. The van der Waals surface area contributed by atoms with Crippen LogP contribution < -0.4 is 0 Å². The Bertz CT molecular complexity index is 801. The van der Waals surface area contributed by atoms with Gasteiger partial charge in [0.25, 0.3) is 10.1 Å². The highest BCUT2D eigenvalue weighted by Crippen LogP contribution is 2.51. The zero-order valence-corrected chi connectivity index (χ0v) is 15.4. The van der Waals surface area contributed by atoms with Gasteiger partial charge in [0.05, 0.1) is 12.9 Å². The van der Waals surface area contributed by atoms with E-state index in [1.165, 1.54) is 16.7 Å². The van der Waals surface area contributed by atoms with Crippen LogP contribution in [-0.4, -0.2) is 35.0 Å². The molecule has 3 unspecified atom stereocenters. The van der Waals surface area contributed by atoms with Crippen molar-refractivity contribution in [1.82, 2.24) is 0 Å². The number of fused-ring (bicyclic) bond motifs is 1. The predicted molar refractivity (Wildman–Crippen MR) is 98.2 cm³/mol. The van der Waals surface area contributed by atoms with Crippen molar-refractivity contribution in [2.45, 2.75) is 18.3 Å². The Morgan fingerprint density at radius 3 is 2.24 bits per heavy atom. The number of hydrogen-bond donors (Lipinski definition) is 0. The predicted octanol–water partition coefficient (Wildman–Crippen LogP) is 3.54. The molecule has 3 rings (SSSR count). The summed E-state index contributed by atoms with van der Waals surface area (Å²) in [5.41, 5.74) is 3.69. The summed E-state index contributed by atoms with van der Waals surface area (Å²) in [4.78, 5) is 0. The second-order valence-corrected chi connectivity index (χ2v) is 8.20. The number of rotatable bonds is 7. The van der Waals surface area contributed by atoms with Crippen LogP contribution in [0.15, 0.2) is 54.6 Å². The van der Waals surface area contributed by atoms with Crippen LogP contribution in [0.4, 0.5) is 0 Å². The van der Waals surface area contributed by atoms with Crippen molar-refractivity contribution in [2.75, 3.05) is 26.6 Å². The topological polar surface area (TPSA) is 52.6 Å². The molecule has 3 atom stereocenters. The van der Waals surface area contributed by atoms with E-state index in [4.69, 9.17) is 8.92 Å². The second-order valence-electron chi connectivity index (χ2n) is 6.56. The minimum Gasteiger partial charge on any atom is -0.385 e. The third-order valence-corrected chi connectivity index (χ3v) is 5.52. The molecule has 0 N–H and O–H groups in total. The third-order valence-electron chi connectivity index (χ3n) is 4.95. The molecule has 0 heterocycles. The summed E-state index contributed by atoms with van der Waals surface area (Å²) in [5.74, 6) is 0.494. The Morgan fingerprint density at radius 2 is 1.60 bits per heavy atom. The SMILES string of the molecule is COCCC1C(COS(C)(=O)=O)c2ccccc2C1c1ccccc1. The van der Waals surface area contributed by atoms with Gasteiger partial charge in [-0.3, -0.25) is 4.18 Å². The fourth-order valence-electron chi connectivity index (χ4n) is 3.94. The molecule has 5 heteroatoms. The molecule has 134 valence electrons. The standard InChI is InChI=1S/C20H24O4S/c1-23-13-12-18-19(14-24-25(2,21)22)16-10-6-7-11-17(16)20(18)15-8-4-3-5-9-15/h3-11,18-20H,12-14H2,1-2H3. The third kappa shape index (κ3) is 4.11. The summed E-state index contributed by atoms with van der Waals surface area (Å²) in [6.07, 6.45) is 1.95. The summed E-state index contributed by atoms with van der Waals surface area (Å²) in [6.45, 7) is 0.810. The Labute approximate surface area is 149 Å². The highest BCUT2D eigenvalue weighted by Gasteiger charge is 2.41. The lowest BCUT2D eigenvalue weighted by molar-refractivity contribution is 0.159. The quantitative estimate of drug-likeness (QED) is 0.709. The van der Waals surface area contributed by atoms with Crippen molar-refractivity contribution in [1.29, 1.82) is 0 Å². The van der Waals surface area contributed by atoms with Crippen molar-refractivity contribution < 1.29 is 17.3 Å². The first-order chi connectivity index (χ1) is 12.0. The van der Waals surface area contributed by atoms with Gasteiger partial charge >= 0.3 is 0 Å². The summed E-state index contributed by atoms with van der Waals surface area (Å²) < 4.78 is 33.6. The van der Waals surface area contributed by atoms with Gasteiger partial charge in [-0.15, -0.1) is 0 Å². The average molecular weight is 360 g/mol. The highest BCUT2D eigenvalue weighted by molar-refractivity contribution is 7.85. The van der Waals surface area contributed by atoms with Crippen LogP contribution in [0.1, 0.15) is 34.9 Å². The maximum absolute atomic E-state index is 11.5. The van der Waals surface area contributed by atoms with Crippen molar-refractivity contribution in [2.24, 2.45) is 5.92 Å². The second kappa shape index (κ2) is 7.68. The fourth-order valence-corrected chi connectivity index (χ4v) is 4.34. The fraction of sp³-hybridized carbons (Fsp3) is 0.400. The minimum absolute atomic E-state index is 0.0336. The van der Waals surface area contributed by atoms with Crippen molar-refractivity contribution in [3.05, 3.63) is 71.3 Å². The van der Waals surface area contributed by atoms with Crippen molar-refractivity contribution in [3.8, 4) is 0 Å². The summed E-state index contributed by atoms with van der Waals surface area (Å²) in [5, 5.41) is 0. The van der Waals surface area contributed by atoms with E-state index in [9.17, 15) is 8.42 Å². The smallest absolute Gasteiger partial charge is 0.264 e. The van der Waals surface area contributed by atoms with Crippen LogP contribution in [0.2, 0.25) is 0 Å². The van der Waals surface area contributed by atoms with Crippen molar-refractivity contribution in [3.63, 3.8) is 0 Å². The molecule has 4 nitrogen and oxygen atoms in total. The van der Waals surface area contributed by atoms with Gasteiger partial charge in [-0.25, -0.2) is 0 Å². The Hall–Kier alpha value is -1.69. The molecular formula is C20H24O4S. The van der Waals surface area contributed by atoms with E-state index >= 15 is 0 Å². The lowest BCUT2D eigenvalue weighted by atomic mass is 9.81. The summed E-state index contributed by atoms with van der Waals surface area (Å²) >= 11 is 0. The zero-order chi connectivity index (χ0) is 17.9. The molecule has 2 aromatic carbocycles. The van der Waals surface area contributed by atoms with Gasteiger partial charge in [0, 0.05) is 25.6 Å². The first kappa shape index (κ1) is 18.1. The van der Waals surface area contributed by atoms with E-state index in [-0.39, 0.29) is 24.4 Å². The largest absolute Gasteiger partial charge is 0.385 e. The van der Waals surface area contributed by atoms with Gasteiger partial charge < -0.3 is 4.74 Å². The van der Waals surface area contributed by atoms with E-state index in [2.05, 4.69) is 24.3 Å². The Morgan fingerprint density at radius 1 is 0.960 bits per heavy atom. The van der Waals surface area contributed by atoms with Crippen molar-refractivity contribution >= 4 is 10.1 Å². The lowest BCUT2D eigenvalue weighted by Crippen LogP contribution is -2.21. The van der Waals surface area contributed by atoms with Gasteiger partial charge in [-0.1, -0.05) is 54.6 Å². The molecule has 0 fully saturated rings. The summed E-state index contributed by atoms with van der Waals surface area (Å²) in [6, 6.07) is 18.7. The van der Waals surface area contributed by atoms with Gasteiger partial charge in [-0.05, 0) is 29.0 Å². The van der Waals surface area contributed by atoms with Crippen LogP contribution in [0.5, 0.6) is 0 Å².